The van der Waals surface area contributed by atoms with Gasteiger partial charge in [0.1, 0.15) is 12.7 Å². The van der Waals surface area contributed by atoms with Gasteiger partial charge >= 0.3 is 5.63 Å². The summed E-state index contributed by atoms with van der Waals surface area (Å²) in [5.74, 6) is 0.726. The van der Waals surface area contributed by atoms with Crippen LogP contribution in [0.4, 0.5) is 0 Å². The van der Waals surface area contributed by atoms with Crippen molar-refractivity contribution in [1.29, 1.82) is 0 Å². The van der Waals surface area contributed by atoms with Gasteiger partial charge < -0.3 is 28.8 Å². The summed E-state index contributed by atoms with van der Waals surface area (Å²) in [6.07, 6.45) is 1.87. The van der Waals surface area contributed by atoms with Crippen LogP contribution < -0.4 is 19.8 Å². The molecule has 2 aromatic rings. The van der Waals surface area contributed by atoms with Gasteiger partial charge in [0.2, 0.25) is 11.5 Å². The van der Waals surface area contributed by atoms with E-state index in [1.54, 1.807) is 19.1 Å². The van der Waals surface area contributed by atoms with Crippen molar-refractivity contribution in [2.45, 2.75) is 45.3 Å². The van der Waals surface area contributed by atoms with Gasteiger partial charge in [0.25, 0.3) is 0 Å². The Balaban J connectivity index is 2.27. The fourth-order valence-corrected chi connectivity index (χ4v) is 2.78. The normalized spacial score (nSPS) is 14.2. The van der Waals surface area contributed by atoms with Gasteiger partial charge in [0.15, 0.2) is 11.3 Å². The highest BCUT2D eigenvalue weighted by molar-refractivity contribution is 5.88. The second kappa shape index (κ2) is 9.12. The van der Waals surface area contributed by atoms with Crippen LogP contribution in [0.3, 0.4) is 0 Å². The number of aliphatic hydroxyl groups is 2. The average molecular weight is 392 g/mol. The Morgan fingerprint density at radius 2 is 1.96 bits per heavy atom. The van der Waals surface area contributed by atoms with Gasteiger partial charge in [-0.15, -0.1) is 0 Å². The minimum Gasteiger partial charge on any atom is -0.493 e. The SMILES string of the molecule is COc1cc2ccc(=O)oc2c(OC)c1OC[C@@H](O)[C@](C)(O)CCC=C(C)C. The maximum absolute atomic E-state index is 11.6. The van der Waals surface area contributed by atoms with E-state index in [1.165, 1.54) is 20.3 Å². The Morgan fingerprint density at radius 3 is 2.57 bits per heavy atom. The molecule has 28 heavy (non-hydrogen) atoms. The molecule has 0 saturated heterocycles. The smallest absolute Gasteiger partial charge is 0.336 e. The van der Waals surface area contributed by atoms with E-state index in [1.807, 2.05) is 19.9 Å². The molecule has 1 heterocycles. The molecule has 0 radical (unpaired) electrons. The van der Waals surface area contributed by atoms with Crippen LogP contribution >= 0.6 is 0 Å². The standard InChI is InChI=1S/C21H28O7/c1-13(2)7-6-10-21(3,24)16(22)12-27-19-15(25-4)11-14-8-9-17(23)28-18(14)20(19)26-5/h7-9,11,16,22,24H,6,10,12H2,1-5H3/t16-,21-/m1/s1. The summed E-state index contributed by atoms with van der Waals surface area (Å²) in [5, 5.41) is 21.6. The maximum Gasteiger partial charge on any atom is 0.336 e. The minimum absolute atomic E-state index is 0.184. The topological polar surface area (TPSA) is 98.4 Å². The van der Waals surface area contributed by atoms with Gasteiger partial charge in [-0.05, 0) is 45.7 Å². The van der Waals surface area contributed by atoms with Gasteiger partial charge in [0, 0.05) is 11.5 Å². The molecular formula is C21H28O7. The van der Waals surface area contributed by atoms with Crippen LogP contribution in [-0.4, -0.2) is 42.7 Å². The molecule has 0 saturated carbocycles. The van der Waals surface area contributed by atoms with E-state index in [0.717, 1.165) is 5.57 Å². The van der Waals surface area contributed by atoms with Crippen LogP contribution in [0.1, 0.15) is 33.6 Å². The molecule has 0 fully saturated rings. The zero-order valence-electron chi connectivity index (χ0n) is 16.9. The molecule has 0 spiro atoms. The van der Waals surface area contributed by atoms with Crippen LogP contribution in [-0.2, 0) is 0 Å². The lowest BCUT2D eigenvalue weighted by molar-refractivity contribution is -0.0829. The van der Waals surface area contributed by atoms with Crippen molar-refractivity contribution in [2.75, 3.05) is 20.8 Å². The number of rotatable bonds is 9. The molecule has 0 amide bonds. The molecule has 2 atom stereocenters. The zero-order chi connectivity index (χ0) is 20.9. The zero-order valence-corrected chi connectivity index (χ0v) is 16.9. The van der Waals surface area contributed by atoms with E-state index < -0.39 is 17.3 Å². The van der Waals surface area contributed by atoms with Gasteiger partial charge in [0.05, 0.1) is 19.8 Å². The predicted molar refractivity (Wildman–Crippen MR) is 106 cm³/mol. The van der Waals surface area contributed by atoms with E-state index >= 15 is 0 Å². The summed E-state index contributed by atoms with van der Waals surface area (Å²) < 4.78 is 21.7. The molecule has 1 aromatic carbocycles. The number of benzene rings is 1. The summed E-state index contributed by atoms with van der Waals surface area (Å²) >= 11 is 0. The number of ether oxygens (including phenoxy) is 3. The number of fused-ring (bicyclic) bond motifs is 1. The quantitative estimate of drug-likeness (QED) is 0.500. The molecule has 0 aliphatic heterocycles. The Hall–Kier alpha value is -2.51. The first-order valence-corrected chi connectivity index (χ1v) is 9.05. The average Bonchev–Trinajstić information content (AvgIpc) is 2.64. The molecule has 154 valence electrons. The van der Waals surface area contributed by atoms with Crippen LogP contribution in [0.25, 0.3) is 11.0 Å². The lowest BCUT2D eigenvalue weighted by Gasteiger charge is -2.29. The van der Waals surface area contributed by atoms with Crippen molar-refractivity contribution in [1.82, 2.24) is 0 Å². The van der Waals surface area contributed by atoms with E-state index in [-0.39, 0.29) is 23.7 Å². The van der Waals surface area contributed by atoms with Crippen molar-refractivity contribution in [3.8, 4) is 17.2 Å². The first-order chi connectivity index (χ1) is 13.2. The van der Waals surface area contributed by atoms with Gasteiger partial charge in [-0.25, -0.2) is 4.79 Å². The van der Waals surface area contributed by atoms with E-state index in [4.69, 9.17) is 18.6 Å². The van der Waals surface area contributed by atoms with Crippen LogP contribution in [0.5, 0.6) is 17.2 Å². The third-order valence-corrected chi connectivity index (χ3v) is 4.52. The second-order valence-electron chi connectivity index (χ2n) is 7.12. The van der Waals surface area contributed by atoms with Crippen molar-refractivity contribution in [2.24, 2.45) is 0 Å². The van der Waals surface area contributed by atoms with E-state index in [9.17, 15) is 15.0 Å². The molecule has 0 unspecified atom stereocenters. The second-order valence-corrected chi connectivity index (χ2v) is 7.12. The molecule has 1 aromatic heterocycles. The minimum atomic E-state index is -1.34. The highest BCUT2D eigenvalue weighted by atomic mass is 16.5. The molecule has 7 nitrogen and oxygen atoms in total. The maximum atomic E-state index is 11.6. The van der Waals surface area contributed by atoms with E-state index in [2.05, 4.69) is 0 Å². The molecule has 2 rings (SSSR count). The third-order valence-electron chi connectivity index (χ3n) is 4.52. The summed E-state index contributed by atoms with van der Waals surface area (Å²) in [5.41, 5.74) is -0.496. The Kier molecular flexibility index (Phi) is 7.10. The lowest BCUT2D eigenvalue weighted by atomic mass is 9.93. The Bertz CT molecular complexity index is 891. The number of hydrogen-bond acceptors (Lipinski definition) is 7. The fourth-order valence-electron chi connectivity index (χ4n) is 2.78. The number of aliphatic hydroxyl groups excluding tert-OH is 1. The summed E-state index contributed by atoms with van der Waals surface area (Å²) in [4.78, 5) is 11.6. The van der Waals surface area contributed by atoms with Crippen molar-refractivity contribution >= 4 is 11.0 Å². The van der Waals surface area contributed by atoms with Crippen LogP contribution in [0.2, 0.25) is 0 Å². The Labute approximate surface area is 164 Å². The molecular weight excluding hydrogens is 364 g/mol. The number of hydrogen-bond donors (Lipinski definition) is 2. The van der Waals surface area contributed by atoms with Crippen LogP contribution in [0.15, 0.2) is 39.1 Å². The fraction of sp³-hybridized carbons (Fsp3) is 0.476. The van der Waals surface area contributed by atoms with Crippen molar-refractivity contribution < 1.29 is 28.8 Å². The molecule has 0 aliphatic carbocycles. The largest absolute Gasteiger partial charge is 0.493 e. The summed E-state index contributed by atoms with van der Waals surface area (Å²) in [7, 11) is 2.89. The lowest BCUT2D eigenvalue weighted by Crippen LogP contribution is -2.43. The molecule has 7 heteroatoms. The summed E-state index contributed by atoms with van der Waals surface area (Å²) in [6.45, 7) is 5.32. The van der Waals surface area contributed by atoms with Crippen molar-refractivity contribution in [3.63, 3.8) is 0 Å². The van der Waals surface area contributed by atoms with Crippen molar-refractivity contribution in [3.05, 3.63) is 40.3 Å². The first-order valence-electron chi connectivity index (χ1n) is 9.05. The summed E-state index contributed by atoms with van der Waals surface area (Å²) in [6, 6.07) is 4.55. The number of methoxy groups -OCH3 is 2. The van der Waals surface area contributed by atoms with Gasteiger partial charge in [-0.1, -0.05) is 11.6 Å². The molecule has 0 bridgehead atoms. The monoisotopic (exact) mass is 392 g/mol. The first kappa shape index (κ1) is 21.8. The van der Waals surface area contributed by atoms with Gasteiger partial charge in [-0.2, -0.15) is 0 Å². The Morgan fingerprint density at radius 1 is 1.25 bits per heavy atom. The third kappa shape index (κ3) is 5.05. The van der Waals surface area contributed by atoms with E-state index in [0.29, 0.717) is 24.0 Å². The van der Waals surface area contributed by atoms with Gasteiger partial charge in [-0.3, -0.25) is 0 Å². The molecule has 0 aliphatic rings. The highest BCUT2D eigenvalue weighted by Crippen LogP contribution is 2.43. The van der Waals surface area contributed by atoms with Crippen LogP contribution in [0, 0.1) is 0 Å². The molecule has 2 N–H and O–H groups in total. The highest BCUT2D eigenvalue weighted by Gasteiger charge is 2.31. The predicted octanol–water partition coefficient (Wildman–Crippen LogP) is 3.05. The number of allylic oxidation sites excluding steroid dienone is 2.